The van der Waals surface area contributed by atoms with E-state index >= 15 is 0 Å². The van der Waals surface area contributed by atoms with E-state index in [9.17, 15) is 9.59 Å². The molecular weight excluding hydrogens is 404 g/mol. The van der Waals surface area contributed by atoms with Crippen molar-refractivity contribution in [2.45, 2.75) is 18.9 Å². The van der Waals surface area contributed by atoms with Crippen LogP contribution in [0.15, 0.2) is 48.5 Å². The molecule has 2 aliphatic heterocycles. The number of nitrogens with one attached hydrogen (secondary N) is 1. The van der Waals surface area contributed by atoms with E-state index in [1.807, 2.05) is 41.3 Å². The number of ether oxygens (including phenoxy) is 1. The Morgan fingerprint density at radius 1 is 0.875 bits per heavy atom. The van der Waals surface area contributed by atoms with Crippen LogP contribution in [0.1, 0.15) is 33.6 Å². The van der Waals surface area contributed by atoms with Gasteiger partial charge in [-0.1, -0.05) is 24.3 Å². The van der Waals surface area contributed by atoms with E-state index in [0.717, 1.165) is 63.4 Å². The third kappa shape index (κ3) is 4.88. The van der Waals surface area contributed by atoms with Crippen LogP contribution in [-0.2, 0) is 0 Å². The summed E-state index contributed by atoms with van der Waals surface area (Å²) in [5.74, 6) is 0.589. The van der Waals surface area contributed by atoms with Gasteiger partial charge in [0.1, 0.15) is 5.75 Å². The Hall–Kier alpha value is -3.06. The maximum atomic E-state index is 13.2. The Balaban J connectivity index is 1.38. The molecule has 7 heteroatoms. The Kier molecular flexibility index (Phi) is 6.95. The summed E-state index contributed by atoms with van der Waals surface area (Å²) < 4.78 is 5.31. The first-order valence-corrected chi connectivity index (χ1v) is 11.3. The number of piperidine rings is 1. The van der Waals surface area contributed by atoms with Gasteiger partial charge < -0.3 is 24.8 Å². The van der Waals surface area contributed by atoms with Crippen molar-refractivity contribution in [3.63, 3.8) is 0 Å². The number of methoxy groups -OCH3 is 1. The van der Waals surface area contributed by atoms with E-state index in [2.05, 4.69) is 22.2 Å². The largest absolute Gasteiger partial charge is 0.496 e. The number of hydrogen-bond acceptors (Lipinski definition) is 5. The highest BCUT2D eigenvalue weighted by atomic mass is 16.5. The van der Waals surface area contributed by atoms with E-state index in [0.29, 0.717) is 11.3 Å². The summed E-state index contributed by atoms with van der Waals surface area (Å²) in [6.45, 7) is 4.94. The predicted octanol–water partition coefficient (Wildman–Crippen LogP) is 2.48. The van der Waals surface area contributed by atoms with Gasteiger partial charge in [0.25, 0.3) is 11.8 Å². The average Bonchev–Trinajstić information content (AvgIpc) is 2.84. The molecule has 32 heavy (non-hydrogen) atoms. The molecule has 2 heterocycles. The molecule has 2 aliphatic rings. The number of likely N-dealkylation sites (N-methyl/N-ethyl adjacent to an activating group) is 1. The van der Waals surface area contributed by atoms with E-state index in [1.165, 1.54) is 0 Å². The first-order chi connectivity index (χ1) is 15.6. The SMILES string of the molecule is COc1ccccc1C(=O)NC1CCN(c2ccccc2C(=O)N2CCN(C)CC2)CC1. The lowest BCUT2D eigenvalue weighted by atomic mass is 10.0. The highest BCUT2D eigenvalue weighted by Gasteiger charge is 2.27. The number of hydrogen-bond donors (Lipinski definition) is 1. The van der Waals surface area contributed by atoms with E-state index in [1.54, 1.807) is 19.2 Å². The van der Waals surface area contributed by atoms with Crippen LogP contribution in [0.5, 0.6) is 5.75 Å². The average molecular weight is 437 g/mol. The first kappa shape index (κ1) is 22.1. The van der Waals surface area contributed by atoms with Crippen molar-refractivity contribution in [3.05, 3.63) is 59.7 Å². The molecule has 1 N–H and O–H groups in total. The zero-order valence-electron chi connectivity index (χ0n) is 18.9. The Bertz CT molecular complexity index is 948. The summed E-state index contributed by atoms with van der Waals surface area (Å²) in [4.78, 5) is 32.4. The van der Waals surface area contributed by atoms with Crippen molar-refractivity contribution in [2.24, 2.45) is 0 Å². The molecule has 2 saturated heterocycles. The number of carbonyl (C=O) groups excluding carboxylic acids is 2. The molecule has 2 fully saturated rings. The van der Waals surface area contributed by atoms with Gasteiger partial charge in [-0.25, -0.2) is 0 Å². The van der Waals surface area contributed by atoms with Crippen LogP contribution < -0.4 is 15.0 Å². The Morgan fingerprint density at radius 2 is 1.50 bits per heavy atom. The fraction of sp³-hybridized carbons (Fsp3) is 0.440. The lowest BCUT2D eigenvalue weighted by Crippen LogP contribution is -2.48. The highest BCUT2D eigenvalue weighted by Crippen LogP contribution is 2.26. The predicted molar refractivity (Wildman–Crippen MR) is 126 cm³/mol. The molecule has 0 aromatic heterocycles. The molecule has 2 aromatic rings. The van der Waals surface area contributed by atoms with E-state index < -0.39 is 0 Å². The maximum Gasteiger partial charge on any atom is 0.256 e. The molecule has 170 valence electrons. The van der Waals surface area contributed by atoms with Gasteiger partial charge >= 0.3 is 0 Å². The van der Waals surface area contributed by atoms with Crippen LogP contribution in [0, 0.1) is 0 Å². The van der Waals surface area contributed by atoms with E-state index in [-0.39, 0.29) is 17.9 Å². The highest BCUT2D eigenvalue weighted by molar-refractivity contribution is 6.00. The fourth-order valence-electron chi connectivity index (χ4n) is 4.47. The van der Waals surface area contributed by atoms with Crippen LogP contribution in [0.3, 0.4) is 0 Å². The first-order valence-electron chi connectivity index (χ1n) is 11.3. The topological polar surface area (TPSA) is 65.1 Å². The number of piperazine rings is 1. The second kappa shape index (κ2) is 10.0. The third-order valence-electron chi connectivity index (χ3n) is 6.45. The summed E-state index contributed by atoms with van der Waals surface area (Å²) in [6.07, 6.45) is 1.66. The summed E-state index contributed by atoms with van der Waals surface area (Å²) in [5, 5.41) is 3.15. The number of nitrogens with zero attached hydrogens (tertiary/aromatic N) is 3. The van der Waals surface area contributed by atoms with Gasteiger partial charge in [-0.15, -0.1) is 0 Å². The van der Waals surface area contributed by atoms with Crippen molar-refractivity contribution in [1.29, 1.82) is 0 Å². The van der Waals surface area contributed by atoms with Gasteiger partial charge in [-0.2, -0.15) is 0 Å². The molecule has 0 saturated carbocycles. The van der Waals surface area contributed by atoms with Crippen molar-refractivity contribution in [2.75, 3.05) is 58.3 Å². The molecule has 2 amide bonds. The van der Waals surface area contributed by atoms with Gasteiger partial charge in [0.05, 0.1) is 18.2 Å². The minimum Gasteiger partial charge on any atom is -0.496 e. The third-order valence-corrected chi connectivity index (χ3v) is 6.45. The fourth-order valence-corrected chi connectivity index (χ4v) is 4.47. The standard InChI is InChI=1S/C25H32N4O3/c1-27-15-17-29(18-16-27)25(31)20-7-3-5-9-22(20)28-13-11-19(12-14-28)26-24(30)21-8-4-6-10-23(21)32-2/h3-10,19H,11-18H2,1-2H3,(H,26,30). The minimum absolute atomic E-state index is 0.101. The zero-order chi connectivity index (χ0) is 22.5. The number of anilines is 1. The number of para-hydroxylation sites is 2. The molecule has 4 rings (SSSR count). The van der Waals surface area contributed by atoms with Crippen LogP contribution in [-0.4, -0.2) is 81.1 Å². The number of amides is 2. The van der Waals surface area contributed by atoms with Crippen molar-refractivity contribution in [1.82, 2.24) is 15.1 Å². The lowest BCUT2D eigenvalue weighted by Gasteiger charge is -2.36. The Labute approximate surface area is 189 Å². The summed E-state index contributed by atoms with van der Waals surface area (Å²) >= 11 is 0. The molecule has 0 aliphatic carbocycles. The second-order valence-corrected chi connectivity index (χ2v) is 8.55. The van der Waals surface area contributed by atoms with Crippen LogP contribution in [0.4, 0.5) is 5.69 Å². The summed E-state index contributed by atoms with van der Waals surface area (Å²) in [7, 11) is 3.66. The maximum absolute atomic E-state index is 13.2. The van der Waals surface area contributed by atoms with Crippen LogP contribution >= 0.6 is 0 Å². The molecule has 0 atom stereocenters. The lowest BCUT2D eigenvalue weighted by molar-refractivity contribution is 0.0664. The van der Waals surface area contributed by atoms with Gasteiger partial charge in [0.15, 0.2) is 0 Å². The molecule has 0 spiro atoms. The molecule has 0 unspecified atom stereocenters. The van der Waals surface area contributed by atoms with Gasteiger partial charge in [0, 0.05) is 51.0 Å². The summed E-state index contributed by atoms with van der Waals surface area (Å²) in [5.41, 5.74) is 2.32. The van der Waals surface area contributed by atoms with Gasteiger partial charge in [-0.05, 0) is 44.2 Å². The minimum atomic E-state index is -0.105. The van der Waals surface area contributed by atoms with Crippen molar-refractivity contribution < 1.29 is 14.3 Å². The van der Waals surface area contributed by atoms with Crippen LogP contribution in [0.2, 0.25) is 0 Å². The monoisotopic (exact) mass is 436 g/mol. The number of carbonyl (C=O) groups is 2. The molecule has 0 bridgehead atoms. The Morgan fingerprint density at radius 3 is 2.19 bits per heavy atom. The number of rotatable bonds is 5. The normalized spacial score (nSPS) is 17.8. The summed E-state index contributed by atoms with van der Waals surface area (Å²) in [6, 6.07) is 15.3. The smallest absolute Gasteiger partial charge is 0.256 e. The van der Waals surface area contributed by atoms with Crippen molar-refractivity contribution in [3.8, 4) is 5.75 Å². The molecular formula is C25H32N4O3. The van der Waals surface area contributed by atoms with Crippen LogP contribution in [0.25, 0.3) is 0 Å². The number of benzene rings is 2. The van der Waals surface area contributed by atoms with E-state index in [4.69, 9.17) is 4.74 Å². The molecule has 0 radical (unpaired) electrons. The molecule has 7 nitrogen and oxygen atoms in total. The molecule has 2 aromatic carbocycles. The van der Waals surface area contributed by atoms with Gasteiger partial charge in [-0.3, -0.25) is 9.59 Å². The second-order valence-electron chi connectivity index (χ2n) is 8.55. The quantitative estimate of drug-likeness (QED) is 0.780. The van der Waals surface area contributed by atoms with Crippen molar-refractivity contribution >= 4 is 17.5 Å². The zero-order valence-corrected chi connectivity index (χ0v) is 18.9. The van der Waals surface area contributed by atoms with Gasteiger partial charge in [0.2, 0.25) is 0 Å².